The molecule has 1 aliphatic heterocycles. The van der Waals surface area contributed by atoms with E-state index < -0.39 is 0 Å². The lowest BCUT2D eigenvalue weighted by Crippen LogP contribution is -2.48. The number of hydrazine groups is 3. The summed E-state index contributed by atoms with van der Waals surface area (Å²) < 4.78 is 5.78. The Kier molecular flexibility index (Phi) is 7.10. The lowest BCUT2D eigenvalue weighted by Gasteiger charge is -2.15. The zero-order valence-electron chi connectivity index (χ0n) is 14.7. The van der Waals surface area contributed by atoms with E-state index in [1.54, 1.807) is 21.9 Å². The molecule has 0 saturated carbocycles. The van der Waals surface area contributed by atoms with Crippen molar-refractivity contribution in [1.29, 1.82) is 0 Å². The Labute approximate surface area is 147 Å². The number of furan rings is 1. The lowest BCUT2D eigenvalue weighted by atomic mass is 10.4. The highest BCUT2D eigenvalue weighted by molar-refractivity contribution is 7.98. The number of carbonyl (C=O) groups is 1. The standard InChI is InChI=1S/C15H26N6O2S/c1-12(22)17-21-10-15(20(4)18-21)16-7-8-24-11-14-6-5-13(23-14)9-19(2)3/h5-6,18H,7-11H2,1-4H3,(H,17,22). The van der Waals surface area contributed by atoms with E-state index in [0.29, 0.717) is 6.54 Å². The second-order valence-corrected chi connectivity index (χ2v) is 6.97. The molecule has 1 aromatic heterocycles. The molecule has 0 unspecified atom stereocenters. The fourth-order valence-electron chi connectivity index (χ4n) is 2.24. The number of hydrogen-bond acceptors (Lipinski definition) is 7. The number of amides is 1. The first-order valence-electron chi connectivity index (χ1n) is 7.82. The molecule has 1 fully saturated rings. The van der Waals surface area contributed by atoms with Crippen LogP contribution in [0.2, 0.25) is 0 Å². The van der Waals surface area contributed by atoms with Crippen LogP contribution in [0.5, 0.6) is 0 Å². The number of rotatable bonds is 8. The van der Waals surface area contributed by atoms with Crippen LogP contribution in [-0.4, -0.2) is 66.8 Å². The van der Waals surface area contributed by atoms with Gasteiger partial charge in [-0.1, -0.05) is 0 Å². The van der Waals surface area contributed by atoms with Crippen LogP contribution in [0.25, 0.3) is 0 Å². The average Bonchev–Trinajstić information content (AvgIpc) is 3.04. The zero-order chi connectivity index (χ0) is 17.5. The molecule has 1 aliphatic rings. The van der Waals surface area contributed by atoms with Crippen molar-refractivity contribution < 1.29 is 9.21 Å². The van der Waals surface area contributed by atoms with E-state index in [-0.39, 0.29) is 5.91 Å². The number of amidine groups is 1. The van der Waals surface area contributed by atoms with Crippen molar-refractivity contribution in [2.75, 3.05) is 40.0 Å². The maximum absolute atomic E-state index is 11.0. The molecular formula is C15H26N6O2S. The second-order valence-electron chi connectivity index (χ2n) is 5.87. The summed E-state index contributed by atoms with van der Waals surface area (Å²) in [5, 5.41) is 3.42. The summed E-state index contributed by atoms with van der Waals surface area (Å²) in [4.78, 5) is 17.7. The molecule has 1 amide bonds. The van der Waals surface area contributed by atoms with Crippen molar-refractivity contribution in [3.8, 4) is 0 Å². The minimum absolute atomic E-state index is 0.111. The van der Waals surface area contributed by atoms with Crippen LogP contribution < -0.4 is 11.0 Å². The molecule has 0 radical (unpaired) electrons. The summed E-state index contributed by atoms with van der Waals surface area (Å²) >= 11 is 1.80. The lowest BCUT2D eigenvalue weighted by molar-refractivity contribution is -0.125. The molecular weight excluding hydrogens is 328 g/mol. The van der Waals surface area contributed by atoms with Gasteiger partial charge < -0.3 is 9.32 Å². The number of hydrogen-bond donors (Lipinski definition) is 2. The van der Waals surface area contributed by atoms with Gasteiger partial charge in [0.05, 0.1) is 25.4 Å². The van der Waals surface area contributed by atoms with E-state index in [2.05, 4.69) is 20.9 Å². The highest BCUT2D eigenvalue weighted by atomic mass is 32.2. The first-order valence-corrected chi connectivity index (χ1v) is 8.97. The molecule has 1 aromatic rings. The number of thioether (sulfide) groups is 1. The van der Waals surface area contributed by atoms with Crippen LogP contribution >= 0.6 is 11.8 Å². The minimum Gasteiger partial charge on any atom is -0.464 e. The predicted molar refractivity (Wildman–Crippen MR) is 96.0 cm³/mol. The summed E-state index contributed by atoms with van der Waals surface area (Å²) in [6, 6.07) is 4.07. The number of nitrogens with zero attached hydrogens (tertiary/aromatic N) is 4. The van der Waals surface area contributed by atoms with Gasteiger partial charge in [-0.05, 0) is 26.2 Å². The Balaban J connectivity index is 1.67. The maximum atomic E-state index is 11.0. The molecule has 0 aromatic carbocycles. The Morgan fingerprint density at radius 3 is 2.92 bits per heavy atom. The van der Waals surface area contributed by atoms with Gasteiger partial charge in [0.15, 0.2) is 0 Å². The molecule has 0 atom stereocenters. The van der Waals surface area contributed by atoms with Crippen molar-refractivity contribution in [1.82, 2.24) is 26.0 Å². The van der Waals surface area contributed by atoms with Crippen LogP contribution in [0.4, 0.5) is 0 Å². The van der Waals surface area contributed by atoms with E-state index in [4.69, 9.17) is 4.42 Å². The van der Waals surface area contributed by atoms with E-state index >= 15 is 0 Å². The van der Waals surface area contributed by atoms with Crippen LogP contribution in [0.3, 0.4) is 0 Å². The van der Waals surface area contributed by atoms with E-state index in [9.17, 15) is 4.79 Å². The van der Waals surface area contributed by atoms with E-state index in [1.807, 2.05) is 33.3 Å². The van der Waals surface area contributed by atoms with Gasteiger partial charge in [0.2, 0.25) is 5.91 Å². The van der Waals surface area contributed by atoms with Crippen LogP contribution in [0.1, 0.15) is 18.4 Å². The normalized spacial score (nSPS) is 17.2. The van der Waals surface area contributed by atoms with Gasteiger partial charge in [0, 0.05) is 19.7 Å². The first-order chi connectivity index (χ1) is 11.4. The highest BCUT2D eigenvalue weighted by Crippen LogP contribution is 2.16. The first kappa shape index (κ1) is 18.8. The molecule has 24 heavy (non-hydrogen) atoms. The van der Waals surface area contributed by atoms with Gasteiger partial charge in [-0.15, -0.1) is 10.7 Å². The number of aliphatic imine (C=N–C) groups is 1. The van der Waals surface area contributed by atoms with E-state index in [0.717, 1.165) is 42.0 Å². The minimum atomic E-state index is -0.111. The molecule has 1 saturated heterocycles. The zero-order valence-corrected chi connectivity index (χ0v) is 15.5. The quantitative estimate of drug-likeness (QED) is 0.665. The summed E-state index contributed by atoms with van der Waals surface area (Å²) in [6.45, 7) is 3.58. The maximum Gasteiger partial charge on any atom is 0.232 e. The number of likely N-dealkylation sites (N-methyl/N-ethyl adjacent to an activating group) is 1. The number of nitrogens with one attached hydrogen (secondary N) is 2. The Morgan fingerprint density at radius 1 is 1.46 bits per heavy atom. The smallest absolute Gasteiger partial charge is 0.232 e. The Morgan fingerprint density at radius 2 is 2.21 bits per heavy atom. The highest BCUT2D eigenvalue weighted by Gasteiger charge is 2.22. The molecule has 2 rings (SSSR count). The van der Waals surface area contributed by atoms with Gasteiger partial charge in [0.25, 0.3) is 0 Å². The molecule has 8 nitrogen and oxygen atoms in total. The molecule has 0 aliphatic carbocycles. The average molecular weight is 354 g/mol. The van der Waals surface area contributed by atoms with Gasteiger partial charge in [-0.2, -0.15) is 11.8 Å². The summed E-state index contributed by atoms with van der Waals surface area (Å²) in [7, 11) is 5.93. The van der Waals surface area contributed by atoms with Gasteiger partial charge in [-0.3, -0.25) is 20.2 Å². The van der Waals surface area contributed by atoms with Crippen molar-refractivity contribution in [2.24, 2.45) is 4.99 Å². The fraction of sp³-hybridized carbons (Fsp3) is 0.600. The van der Waals surface area contributed by atoms with E-state index in [1.165, 1.54) is 6.92 Å². The van der Waals surface area contributed by atoms with Crippen molar-refractivity contribution in [3.63, 3.8) is 0 Å². The molecule has 9 heteroatoms. The second kappa shape index (κ2) is 9.07. The fourth-order valence-corrected chi connectivity index (χ4v) is 2.96. The monoisotopic (exact) mass is 354 g/mol. The van der Waals surface area contributed by atoms with Crippen molar-refractivity contribution >= 4 is 23.5 Å². The molecule has 0 bridgehead atoms. The predicted octanol–water partition coefficient (Wildman–Crippen LogP) is 0.691. The van der Waals surface area contributed by atoms with Gasteiger partial charge in [0.1, 0.15) is 17.4 Å². The third kappa shape index (κ3) is 6.16. The largest absolute Gasteiger partial charge is 0.464 e. The summed E-state index contributed by atoms with van der Waals surface area (Å²) in [5.74, 6) is 4.55. The Bertz CT molecular complexity index is 574. The molecule has 134 valence electrons. The SMILES string of the molecule is CC(=O)NN1CC(=NCCSCc2ccc(CN(C)C)o2)N(C)N1. The van der Waals surface area contributed by atoms with Crippen LogP contribution in [-0.2, 0) is 17.1 Å². The van der Waals surface area contributed by atoms with Crippen molar-refractivity contribution in [3.05, 3.63) is 23.7 Å². The molecule has 2 N–H and O–H groups in total. The Hall–Kier alpha value is -1.55. The van der Waals surface area contributed by atoms with Crippen LogP contribution in [0, 0.1) is 0 Å². The third-order valence-electron chi connectivity index (χ3n) is 3.21. The topological polar surface area (TPSA) is 76.4 Å². The van der Waals surface area contributed by atoms with Gasteiger partial charge in [-0.25, -0.2) is 0 Å². The van der Waals surface area contributed by atoms with Crippen molar-refractivity contribution in [2.45, 2.75) is 19.2 Å². The number of carbonyl (C=O) groups excluding carboxylic acids is 1. The summed E-state index contributed by atoms with van der Waals surface area (Å²) in [5.41, 5.74) is 5.68. The molecule has 0 spiro atoms. The molecule has 2 heterocycles. The summed E-state index contributed by atoms with van der Waals surface area (Å²) in [6.07, 6.45) is 0. The third-order valence-corrected chi connectivity index (χ3v) is 4.17. The van der Waals surface area contributed by atoms with Crippen LogP contribution in [0.15, 0.2) is 21.5 Å². The van der Waals surface area contributed by atoms with Gasteiger partial charge >= 0.3 is 0 Å².